The molecular formula is C11H18FN3O2S. The van der Waals surface area contributed by atoms with Gasteiger partial charge in [0.05, 0.1) is 4.90 Å². The first-order chi connectivity index (χ1) is 8.23. The van der Waals surface area contributed by atoms with Gasteiger partial charge in [-0.2, -0.15) is 4.31 Å². The van der Waals surface area contributed by atoms with Crippen molar-refractivity contribution in [2.75, 3.05) is 40.0 Å². The van der Waals surface area contributed by atoms with Crippen LogP contribution in [0.4, 0.5) is 10.1 Å². The molecule has 0 fully saturated rings. The third-order valence-corrected chi connectivity index (χ3v) is 4.30. The van der Waals surface area contributed by atoms with Gasteiger partial charge in [0, 0.05) is 25.8 Å². The third-order valence-electron chi connectivity index (χ3n) is 2.46. The highest BCUT2D eigenvalue weighted by Gasteiger charge is 2.21. The van der Waals surface area contributed by atoms with E-state index in [-0.39, 0.29) is 10.6 Å². The summed E-state index contributed by atoms with van der Waals surface area (Å²) in [5, 5.41) is 0. The van der Waals surface area contributed by atoms with Crippen molar-refractivity contribution in [2.45, 2.75) is 4.90 Å². The summed E-state index contributed by atoms with van der Waals surface area (Å²) in [7, 11) is 1.46. The summed E-state index contributed by atoms with van der Waals surface area (Å²) < 4.78 is 38.6. The van der Waals surface area contributed by atoms with Crippen LogP contribution in [0, 0.1) is 5.82 Å². The first kappa shape index (κ1) is 14.9. The zero-order chi connectivity index (χ0) is 13.9. The van der Waals surface area contributed by atoms with Crippen LogP contribution in [0.15, 0.2) is 23.1 Å². The summed E-state index contributed by atoms with van der Waals surface area (Å²) >= 11 is 0. The molecule has 102 valence electrons. The fourth-order valence-electron chi connectivity index (χ4n) is 1.37. The molecule has 5 nitrogen and oxygen atoms in total. The highest BCUT2D eigenvalue weighted by molar-refractivity contribution is 7.89. The second kappa shape index (κ2) is 5.64. The van der Waals surface area contributed by atoms with Gasteiger partial charge in [-0.3, -0.25) is 0 Å². The molecular weight excluding hydrogens is 257 g/mol. The Balaban J connectivity index is 2.98. The maximum absolute atomic E-state index is 13.2. The van der Waals surface area contributed by atoms with Crippen LogP contribution in [0.3, 0.4) is 0 Å². The lowest BCUT2D eigenvalue weighted by Gasteiger charge is -2.19. The lowest BCUT2D eigenvalue weighted by atomic mass is 10.3. The molecule has 0 aliphatic heterocycles. The fraction of sp³-hybridized carbons (Fsp3) is 0.455. The molecule has 2 N–H and O–H groups in total. The van der Waals surface area contributed by atoms with Gasteiger partial charge in [0.25, 0.3) is 0 Å². The average Bonchev–Trinajstić information content (AvgIpc) is 2.24. The molecule has 0 heterocycles. The van der Waals surface area contributed by atoms with Crippen LogP contribution in [0.5, 0.6) is 0 Å². The zero-order valence-electron chi connectivity index (χ0n) is 10.7. The molecule has 0 unspecified atom stereocenters. The number of sulfonamides is 1. The molecule has 1 rings (SSSR count). The van der Waals surface area contributed by atoms with Gasteiger partial charge in [-0.25, -0.2) is 12.8 Å². The van der Waals surface area contributed by atoms with Crippen LogP contribution < -0.4 is 5.73 Å². The Labute approximate surface area is 107 Å². The largest absolute Gasteiger partial charge is 0.399 e. The topological polar surface area (TPSA) is 66.6 Å². The number of nitrogens with two attached hydrogens (primary N) is 1. The Bertz CT molecular complexity index is 497. The van der Waals surface area contributed by atoms with Gasteiger partial charge in [-0.15, -0.1) is 0 Å². The minimum atomic E-state index is -3.69. The molecule has 0 atom stereocenters. The molecule has 0 bridgehead atoms. The van der Waals surface area contributed by atoms with Crippen LogP contribution in [0.1, 0.15) is 0 Å². The van der Waals surface area contributed by atoms with Crippen LogP contribution in [0.25, 0.3) is 0 Å². The van der Waals surface area contributed by atoms with E-state index >= 15 is 0 Å². The summed E-state index contributed by atoms with van der Waals surface area (Å²) in [5.74, 6) is -0.658. The predicted molar refractivity (Wildman–Crippen MR) is 69.2 cm³/mol. The van der Waals surface area contributed by atoms with Gasteiger partial charge >= 0.3 is 0 Å². The molecule has 0 saturated heterocycles. The Morgan fingerprint density at radius 3 is 2.28 bits per heavy atom. The van der Waals surface area contributed by atoms with Gasteiger partial charge in [0.1, 0.15) is 5.82 Å². The number of benzene rings is 1. The molecule has 0 aliphatic rings. The first-order valence-corrected chi connectivity index (χ1v) is 6.84. The Morgan fingerprint density at radius 1 is 1.17 bits per heavy atom. The molecule has 7 heteroatoms. The van der Waals surface area contributed by atoms with Crippen molar-refractivity contribution >= 4 is 15.7 Å². The van der Waals surface area contributed by atoms with Gasteiger partial charge in [0.15, 0.2) is 0 Å². The predicted octanol–water partition coefficient (Wildman–Crippen LogP) is 0.590. The molecule has 0 spiro atoms. The van der Waals surface area contributed by atoms with E-state index in [9.17, 15) is 12.8 Å². The lowest BCUT2D eigenvalue weighted by molar-refractivity contribution is 0.358. The fourth-order valence-corrected chi connectivity index (χ4v) is 2.60. The van der Waals surface area contributed by atoms with Gasteiger partial charge in [-0.05, 0) is 32.3 Å². The van der Waals surface area contributed by atoms with Crippen molar-refractivity contribution in [3.05, 3.63) is 24.0 Å². The van der Waals surface area contributed by atoms with Gasteiger partial charge < -0.3 is 10.6 Å². The maximum Gasteiger partial charge on any atom is 0.243 e. The molecule has 0 radical (unpaired) electrons. The molecule has 1 aromatic rings. The summed E-state index contributed by atoms with van der Waals surface area (Å²) in [6.07, 6.45) is 0. The van der Waals surface area contributed by atoms with Gasteiger partial charge in [0.2, 0.25) is 10.0 Å². The molecule has 1 aromatic carbocycles. The van der Waals surface area contributed by atoms with Crippen LogP contribution >= 0.6 is 0 Å². The highest BCUT2D eigenvalue weighted by atomic mass is 32.2. The molecule has 0 aliphatic carbocycles. The van der Waals surface area contributed by atoms with E-state index < -0.39 is 15.8 Å². The maximum atomic E-state index is 13.2. The van der Waals surface area contributed by atoms with Crippen molar-refractivity contribution in [2.24, 2.45) is 0 Å². The van der Waals surface area contributed by atoms with Crippen molar-refractivity contribution in [1.82, 2.24) is 9.21 Å². The lowest BCUT2D eigenvalue weighted by Crippen LogP contribution is -2.33. The minimum Gasteiger partial charge on any atom is -0.399 e. The van der Waals surface area contributed by atoms with Crippen molar-refractivity contribution in [3.63, 3.8) is 0 Å². The van der Waals surface area contributed by atoms with Crippen molar-refractivity contribution in [1.29, 1.82) is 0 Å². The Hall–Kier alpha value is -1.18. The van der Waals surface area contributed by atoms with Crippen LogP contribution in [0.2, 0.25) is 0 Å². The number of halogens is 1. The summed E-state index contributed by atoms with van der Waals surface area (Å²) in [6.45, 7) is 0.909. The smallest absolute Gasteiger partial charge is 0.243 e. The molecule has 0 saturated carbocycles. The second-order valence-electron chi connectivity index (χ2n) is 4.35. The first-order valence-electron chi connectivity index (χ1n) is 5.40. The van der Waals surface area contributed by atoms with Crippen molar-refractivity contribution < 1.29 is 12.8 Å². The number of hydrogen-bond acceptors (Lipinski definition) is 4. The van der Waals surface area contributed by atoms with Gasteiger partial charge in [-0.1, -0.05) is 0 Å². The Kier molecular flexibility index (Phi) is 4.66. The SMILES string of the molecule is CN(C)CCN(C)S(=O)(=O)c1cc(N)cc(F)c1. The normalized spacial score (nSPS) is 12.3. The van der Waals surface area contributed by atoms with E-state index in [0.717, 1.165) is 12.1 Å². The number of hydrogen-bond donors (Lipinski definition) is 1. The number of nitrogens with zero attached hydrogens (tertiary/aromatic N) is 2. The summed E-state index contributed by atoms with van der Waals surface area (Å²) in [6, 6.07) is 3.31. The summed E-state index contributed by atoms with van der Waals surface area (Å²) in [4.78, 5) is 1.74. The van der Waals surface area contributed by atoms with Crippen LogP contribution in [-0.2, 0) is 10.0 Å². The Morgan fingerprint density at radius 2 is 1.78 bits per heavy atom. The standard InChI is InChI=1S/C11H18FN3O2S/c1-14(2)4-5-15(3)18(16,17)11-7-9(12)6-10(13)8-11/h6-8H,4-5,13H2,1-3H3. The average molecular weight is 275 g/mol. The van der Waals surface area contributed by atoms with Crippen LogP contribution in [-0.4, -0.2) is 51.9 Å². The van der Waals surface area contributed by atoms with Crippen molar-refractivity contribution in [3.8, 4) is 0 Å². The van der Waals surface area contributed by atoms with E-state index in [1.807, 2.05) is 19.0 Å². The second-order valence-corrected chi connectivity index (χ2v) is 6.40. The number of likely N-dealkylation sites (N-methyl/N-ethyl adjacent to an activating group) is 2. The molecule has 0 aromatic heterocycles. The third kappa shape index (κ3) is 3.66. The zero-order valence-corrected chi connectivity index (χ0v) is 11.5. The molecule has 0 amide bonds. The van der Waals surface area contributed by atoms with E-state index in [0.29, 0.717) is 13.1 Å². The highest BCUT2D eigenvalue weighted by Crippen LogP contribution is 2.18. The van der Waals surface area contributed by atoms with E-state index in [1.165, 1.54) is 17.4 Å². The quantitative estimate of drug-likeness (QED) is 0.799. The number of rotatable bonds is 5. The number of anilines is 1. The van der Waals surface area contributed by atoms with E-state index in [2.05, 4.69) is 0 Å². The monoisotopic (exact) mass is 275 g/mol. The van der Waals surface area contributed by atoms with E-state index in [4.69, 9.17) is 5.73 Å². The number of nitrogen functional groups attached to an aromatic ring is 1. The minimum absolute atomic E-state index is 0.0922. The van der Waals surface area contributed by atoms with E-state index in [1.54, 1.807) is 0 Å². The summed E-state index contributed by atoms with van der Waals surface area (Å²) in [5.41, 5.74) is 5.54. The molecule has 18 heavy (non-hydrogen) atoms.